The first-order valence-electron chi connectivity index (χ1n) is 8.28. The Hall–Kier alpha value is -2.34. The van der Waals surface area contributed by atoms with Gasteiger partial charge in [0.2, 0.25) is 5.89 Å². The summed E-state index contributed by atoms with van der Waals surface area (Å²) in [5, 5.41) is 15.6. The third-order valence-corrected chi connectivity index (χ3v) is 4.23. The SMILES string of the molecule is CCC(CC)C(O)CNC(=O)Nc1cc(-c2ncco2)ccc1C. The average molecular weight is 331 g/mol. The number of carbonyl (C=O) groups is 1. The lowest BCUT2D eigenvalue weighted by Crippen LogP contribution is -2.38. The van der Waals surface area contributed by atoms with E-state index in [1.807, 2.05) is 39.0 Å². The van der Waals surface area contributed by atoms with E-state index in [9.17, 15) is 9.90 Å². The van der Waals surface area contributed by atoms with Gasteiger partial charge in [0.25, 0.3) is 0 Å². The van der Waals surface area contributed by atoms with Crippen LogP contribution in [0, 0.1) is 12.8 Å². The van der Waals surface area contributed by atoms with Crippen LogP contribution in [0.25, 0.3) is 11.5 Å². The number of aliphatic hydroxyl groups is 1. The topological polar surface area (TPSA) is 87.4 Å². The van der Waals surface area contributed by atoms with Crippen LogP contribution in [-0.2, 0) is 0 Å². The number of anilines is 1. The highest BCUT2D eigenvalue weighted by atomic mass is 16.3. The molecule has 6 nitrogen and oxygen atoms in total. The number of rotatable bonds is 7. The lowest BCUT2D eigenvalue weighted by molar-refractivity contribution is 0.104. The molecule has 2 amide bonds. The van der Waals surface area contributed by atoms with Gasteiger partial charge in [-0.1, -0.05) is 32.8 Å². The highest BCUT2D eigenvalue weighted by molar-refractivity contribution is 5.90. The smallest absolute Gasteiger partial charge is 0.319 e. The molecule has 0 aliphatic heterocycles. The van der Waals surface area contributed by atoms with Crippen molar-refractivity contribution in [2.24, 2.45) is 5.92 Å². The van der Waals surface area contributed by atoms with Gasteiger partial charge in [-0.05, 0) is 30.5 Å². The van der Waals surface area contributed by atoms with Gasteiger partial charge in [-0.2, -0.15) is 0 Å². The number of urea groups is 1. The number of oxazole rings is 1. The zero-order valence-corrected chi connectivity index (χ0v) is 14.4. The Balaban J connectivity index is 1.97. The summed E-state index contributed by atoms with van der Waals surface area (Å²) < 4.78 is 5.28. The number of benzene rings is 1. The molecule has 0 fully saturated rings. The molecule has 1 unspecified atom stereocenters. The van der Waals surface area contributed by atoms with Crippen molar-refractivity contribution in [1.29, 1.82) is 0 Å². The minimum Gasteiger partial charge on any atom is -0.445 e. The van der Waals surface area contributed by atoms with E-state index in [0.29, 0.717) is 11.6 Å². The van der Waals surface area contributed by atoms with Crippen LogP contribution in [0.1, 0.15) is 32.3 Å². The molecule has 0 aliphatic rings. The van der Waals surface area contributed by atoms with Crippen molar-refractivity contribution in [3.05, 3.63) is 36.2 Å². The number of aromatic nitrogens is 1. The quantitative estimate of drug-likeness (QED) is 0.724. The molecule has 1 aromatic carbocycles. The molecule has 0 radical (unpaired) electrons. The van der Waals surface area contributed by atoms with E-state index in [2.05, 4.69) is 15.6 Å². The van der Waals surface area contributed by atoms with Crippen LogP contribution in [0.2, 0.25) is 0 Å². The average Bonchev–Trinajstić information content (AvgIpc) is 3.10. The summed E-state index contributed by atoms with van der Waals surface area (Å²) in [5.41, 5.74) is 2.40. The van der Waals surface area contributed by atoms with Crippen LogP contribution in [-0.4, -0.2) is 28.8 Å². The lowest BCUT2D eigenvalue weighted by Gasteiger charge is -2.20. The monoisotopic (exact) mass is 331 g/mol. The molecular weight excluding hydrogens is 306 g/mol. The van der Waals surface area contributed by atoms with Gasteiger partial charge in [-0.25, -0.2) is 9.78 Å². The molecule has 2 aromatic rings. The van der Waals surface area contributed by atoms with Crippen molar-refractivity contribution >= 4 is 11.7 Å². The van der Waals surface area contributed by atoms with Gasteiger partial charge in [-0.15, -0.1) is 0 Å². The van der Waals surface area contributed by atoms with Gasteiger partial charge in [0, 0.05) is 17.8 Å². The summed E-state index contributed by atoms with van der Waals surface area (Å²) in [6, 6.07) is 5.26. The minimum atomic E-state index is -0.537. The van der Waals surface area contributed by atoms with Crippen molar-refractivity contribution in [3.63, 3.8) is 0 Å². The van der Waals surface area contributed by atoms with Crippen LogP contribution in [0.15, 0.2) is 35.1 Å². The van der Waals surface area contributed by atoms with Gasteiger partial charge in [-0.3, -0.25) is 0 Å². The number of aliphatic hydroxyl groups excluding tert-OH is 1. The maximum Gasteiger partial charge on any atom is 0.319 e. The first-order chi connectivity index (χ1) is 11.5. The summed E-state index contributed by atoms with van der Waals surface area (Å²) in [7, 11) is 0. The molecule has 130 valence electrons. The Morgan fingerprint density at radius 1 is 1.33 bits per heavy atom. The number of hydrogen-bond acceptors (Lipinski definition) is 4. The zero-order valence-electron chi connectivity index (χ0n) is 14.4. The van der Waals surface area contributed by atoms with Crippen LogP contribution in [0.3, 0.4) is 0 Å². The fourth-order valence-corrected chi connectivity index (χ4v) is 2.62. The first-order valence-corrected chi connectivity index (χ1v) is 8.28. The van der Waals surface area contributed by atoms with Crippen LogP contribution in [0.5, 0.6) is 0 Å². The summed E-state index contributed by atoms with van der Waals surface area (Å²) in [4.78, 5) is 16.2. The maximum absolute atomic E-state index is 12.1. The number of nitrogens with one attached hydrogen (secondary N) is 2. The molecule has 6 heteroatoms. The van der Waals surface area contributed by atoms with Crippen LogP contribution >= 0.6 is 0 Å². The van der Waals surface area contributed by atoms with Crippen molar-refractivity contribution in [2.75, 3.05) is 11.9 Å². The molecule has 2 rings (SSSR count). The Morgan fingerprint density at radius 3 is 2.71 bits per heavy atom. The third kappa shape index (κ3) is 4.58. The second kappa shape index (κ2) is 8.49. The van der Waals surface area contributed by atoms with Crippen LogP contribution in [0.4, 0.5) is 10.5 Å². The Labute approximate surface area is 142 Å². The highest BCUT2D eigenvalue weighted by Gasteiger charge is 2.16. The van der Waals surface area contributed by atoms with Gasteiger partial charge < -0.3 is 20.2 Å². The fourth-order valence-electron chi connectivity index (χ4n) is 2.62. The van der Waals surface area contributed by atoms with E-state index in [-0.39, 0.29) is 18.5 Å². The molecule has 1 atom stereocenters. The summed E-state index contributed by atoms with van der Waals surface area (Å²) in [5.74, 6) is 0.697. The van der Waals surface area contributed by atoms with E-state index >= 15 is 0 Å². The maximum atomic E-state index is 12.1. The summed E-state index contributed by atoms with van der Waals surface area (Å²) in [6.45, 7) is 6.22. The number of carbonyl (C=O) groups excluding carboxylic acids is 1. The fraction of sp³-hybridized carbons (Fsp3) is 0.444. The van der Waals surface area contributed by atoms with Gasteiger partial charge >= 0.3 is 6.03 Å². The van der Waals surface area contributed by atoms with E-state index in [1.165, 1.54) is 6.26 Å². The van der Waals surface area contributed by atoms with Gasteiger partial charge in [0.15, 0.2) is 0 Å². The molecule has 0 saturated carbocycles. The number of hydrogen-bond donors (Lipinski definition) is 3. The Kier molecular flexibility index (Phi) is 6.37. The summed E-state index contributed by atoms with van der Waals surface area (Å²) >= 11 is 0. The molecule has 0 bridgehead atoms. The minimum absolute atomic E-state index is 0.195. The molecule has 1 aromatic heterocycles. The van der Waals surface area contributed by atoms with E-state index < -0.39 is 6.10 Å². The predicted molar refractivity (Wildman–Crippen MR) is 93.8 cm³/mol. The van der Waals surface area contributed by atoms with Gasteiger partial charge in [0.1, 0.15) is 6.26 Å². The van der Waals surface area contributed by atoms with Crippen LogP contribution < -0.4 is 10.6 Å². The first kappa shape index (κ1) is 18.0. The molecule has 1 heterocycles. The third-order valence-electron chi connectivity index (χ3n) is 4.23. The van der Waals surface area contributed by atoms with Crippen molar-refractivity contribution in [2.45, 2.75) is 39.7 Å². The second-order valence-corrected chi connectivity index (χ2v) is 5.85. The van der Waals surface area contributed by atoms with E-state index in [0.717, 1.165) is 24.0 Å². The predicted octanol–water partition coefficient (Wildman–Crippen LogP) is 3.57. The number of nitrogens with zero attached hydrogens (tertiary/aromatic N) is 1. The Morgan fingerprint density at radius 2 is 2.08 bits per heavy atom. The summed E-state index contributed by atoms with van der Waals surface area (Å²) in [6.07, 6.45) is 4.32. The largest absolute Gasteiger partial charge is 0.445 e. The zero-order chi connectivity index (χ0) is 17.5. The Bertz CT molecular complexity index is 652. The van der Waals surface area contributed by atoms with E-state index in [4.69, 9.17) is 4.42 Å². The molecular formula is C18H25N3O3. The molecule has 0 aliphatic carbocycles. The molecule has 24 heavy (non-hydrogen) atoms. The van der Waals surface area contributed by atoms with Crippen molar-refractivity contribution < 1.29 is 14.3 Å². The molecule has 0 spiro atoms. The van der Waals surface area contributed by atoms with Crippen molar-refractivity contribution in [3.8, 4) is 11.5 Å². The van der Waals surface area contributed by atoms with Crippen molar-refractivity contribution in [1.82, 2.24) is 10.3 Å². The normalized spacial score (nSPS) is 12.2. The second-order valence-electron chi connectivity index (χ2n) is 5.85. The molecule has 3 N–H and O–H groups in total. The number of aryl methyl sites for hydroxylation is 1. The highest BCUT2D eigenvalue weighted by Crippen LogP contribution is 2.24. The lowest BCUT2D eigenvalue weighted by atomic mass is 9.97. The van der Waals surface area contributed by atoms with E-state index in [1.54, 1.807) is 6.20 Å². The number of amides is 2. The molecule has 0 saturated heterocycles. The standard InChI is InChI=1S/C18H25N3O3/c1-4-13(5-2)16(22)11-20-18(23)21-15-10-14(7-6-12(15)3)17-19-8-9-24-17/h6-10,13,16,22H,4-5,11H2,1-3H3,(H2,20,21,23). The van der Waals surface area contributed by atoms with Gasteiger partial charge in [0.05, 0.1) is 12.3 Å².